The molecule has 0 aromatic heterocycles. The SMILES string of the molecule is C=C(C(=O)OCC)C(F)(F)C(F)(F)C(F)(F)C(F)(F)F.C=CC#N. The molecule has 0 N–H and O–H groups in total. The minimum Gasteiger partial charge on any atom is -0.462 e. The first-order valence-electron chi connectivity index (χ1n) is 5.63. The van der Waals surface area contributed by atoms with Gasteiger partial charge in [-0.1, -0.05) is 13.2 Å². The van der Waals surface area contributed by atoms with Crippen LogP contribution >= 0.6 is 0 Å². The van der Waals surface area contributed by atoms with Crippen molar-refractivity contribution in [1.29, 1.82) is 5.26 Å². The Labute approximate surface area is 130 Å². The predicted octanol–water partition coefficient (Wildman–Crippen LogP) is 4.27. The minimum absolute atomic E-state index is 0.602. The number of esters is 1. The Balaban J connectivity index is 0. The zero-order valence-corrected chi connectivity index (χ0v) is 11.9. The van der Waals surface area contributed by atoms with E-state index in [9.17, 15) is 44.3 Å². The summed E-state index contributed by atoms with van der Waals surface area (Å²) in [6, 6.07) is 1.69. The predicted molar refractivity (Wildman–Crippen MR) is 62.5 cm³/mol. The normalized spacial score (nSPS) is 12.4. The van der Waals surface area contributed by atoms with Crippen molar-refractivity contribution in [3.63, 3.8) is 0 Å². The molecule has 0 saturated heterocycles. The number of ether oxygens (including phenoxy) is 1. The zero-order valence-electron chi connectivity index (χ0n) is 11.9. The summed E-state index contributed by atoms with van der Waals surface area (Å²) in [5.41, 5.74) is -2.51. The van der Waals surface area contributed by atoms with Crippen molar-refractivity contribution in [1.82, 2.24) is 0 Å². The lowest BCUT2D eigenvalue weighted by atomic mass is 9.98. The molecule has 0 radical (unpaired) electrons. The minimum atomic E-state index is -7.07. The summed E-state index contributed by atoms with van der Waals surface area (Å²) < 4.78 is 116. The monoisotopic (exact) mass is 371 g/mol. The molecule has 0 rings (SSSR count). The Kier molecular flexibility index (Phi) is 8.09. The van der Waals surface area contributed by atoms with Crippen LogP contribution < -0.4 is 0 Å². The molecule has 0 spiro atoms. The van der Waals surface area contributed by atoms with Gasteiger partial charge in [-0.2, -0.15) is 44.8 Å². The smallest absolute Gasteiger partial charge is 0.460 e. The van der Waals surface area contributed by atoms with Crippen LogP contribution in [-0.2, 0) is 9.53 Å². The molecule has 24 heavy (non-hydrogen) atoms. The summed E-state index contributed by atoms with van der Waals surface area (Å²) >= 11 is 0. The lowest BCUT2D eigenvalue weighted by Gasteiger charge is -2.33. The van der Waals surface area contributed by atoms with Crippen molar-refractivity contribution in [3.05, 3.63) is 24.8 Å². The number of rotatable bonds is 5. The van der Waals surface area contributed by atoms with E-state index in [0.717, 1.165) is 6.92 Å². The molecule has 0 heterocycles. The summed E-state index contributed by atoms with van der Waals surface area (Å²) in [6.07, 6.45) is -5.77. The summed E-state index contributed by atoms with van der Waals surface area (Å²) in [5, 5.41) is 7.51. The number of allylic oxidation sites excluding steroid dienone is 1. The molecule has 0 unspecified atom stereocenters. The van der Waals surface area contributed by atoms with E-state index in [2.05, 4.69) is 17.9 Å². The third-order valence-corrected chi connectivity index (χ3v) is 2.14. The first-order valence-corrected chi connectivity index (χ1v) is 5.63. The number of halogens is 9. The second kappa shape index (κ2) is 8.07. The molecule has 0 bridgehead atoms. The third kappa shape index (κ3) is 4.65. The second-order valence-electron chi connectivity index (χ2n) is 3.75. The molecule has 0 aromatic rings. The highest BCUT2D eigenvalue weighted by molar-refractivity contribution is 5.89. The van der Waals surface area contributed by atoms with Crippen LogP contribution in [-0.4, -0.2) is 36.5 Å². The van der Waals surface area contributed by atoms with Crippen molar-refractivity contribution in [2.24, 2.45) is 0 Å². The van der Waals surface area contributed by atoms with Crippen LogP contribution in [0.3, 0.4) is 0 Å². The van der Waals surface area contributed by atoms with Crippen molar-refractivity contribution in [2.45, 2.75) is 30.9 Å². The lowest BCUT2D eigenvalue weighted by Crippen LogP contribution is -2.61. The molecule has 0 aromatic carbocycles. The van der Waals surface area contributed by atoms with E-state index in [-0.39, 0.29) is 0 Å². The lowest BCUT2D eigenvalue weighted by molar-refractivity contribution is -0.389. The summed E-state index contributed by atoms with van der Waals surface area (Å²) in [7, 11) is 0. The molecule has 3 nitrogen and oxygen atoms in total. The molecular formula is C12H10F9NO2. The molecule has 0 aliphatic rings. The molecule has 0 aliphatic heterocycles. The van der Waals surface area contributed by atoms with E-state index >= 15 is 0 Å². The number of nitriles is 1. The van der Waals surface area contributed by atoms with Crippen molar-refractivity contribution in [2.75, 3.05) is 6.61 Å². The van der Waals surface area contributed by atoms with E-state index in [4.69, 9.17) is 5.26 Å². The largest absolute Gasteiger partial charge is 0.462 e. The molecule has 0 fully saturated rings. The maximum Gasteiger partial charge on any atom is 0.460 e. The van der Waals surface area contributed by atoms with Gasteiger partial charge in [-0.05, 0) is 6.92 Å². The Morgan fingerprint density at radius 3 is 1.71 bits per heavy atom. The first-order chi connectivity index (χ1) is 10.6. The van der Waals surface area contributed by atoms with Gasteiger partial charge < -0.3 is 4.74 Å². The van der Waals surface area contributed by atoms with Gasteiger partial charge in [0, 0.05) is 6.08 Å². The van der Waals surface area contributed by atoms with Crippen molar-refractivity contribution >= 4 is 5.97 Å². The molecule has 0 atom stereocenters. The van der Waals surface area contributed by atoms with Gasteiger partial charge >= 0.3 is 29.9 Å². The third-order valence-electron chi connectivity index (χ3n) is 2.14. The Morgan fingerprint density at radius 2 is 1.46 bits per heavy atom. The number of carbonyl (C=O) groups is 1. The first kappa shape index (κ1) is 24.1. The number of hydrogen-bond acceptors (Lipinski definition) is 3. The molecule has 138 valence electrons. The highest BCUT2D eigenvalue weighted by atomic mass is 19.4. The summed E-state index contributed by atoms with van der Waals surface area (Å²) in [4.78, 5) is 10.8. The van der Waals surface area contributed by atoms with Gasteiger partial charge in [-0.3, -0.25) is 0 Å². The van der Waals surface area contributed by atoms with Crippen LogP contribution in [0.2, 0.25) is 0 Å². The number of hydrogen-bond donors (Lipinski definition) is 0. The molecule has 12 heteroatoms. The maximum atomic E-state index is 13.1. The van der Waals surface area contributed by atoms with Crippen LogP contribution in [0.25, 0.3) is 0 Å². The van der Waals surface area contributed by atoms with E-state index < -0.39 is 42.1 Å². The zero-order chi connectivity index (χ0) is 20.0. The van der Waals surface area contributed by atoms with Crippen LogP contribution in [0.5, 0.6) is 0 Å². The van der Waals surface area contributed by atoms with Crippen LogP contribution in [0, 0.1) is 11.3 Å². The van der Waals surface area contributed by atoms with Gasteiger partial charge in [0.25, 0.3) is 0 Å². The van der Waals surface area contributed by atoms with E-state index in [1.54, 1.807) is 6.07 Å². The van der Waals surface area contributed by atoms with Crippen molar-refractivity contribution in [3.8, 4) is 6.07 Å². The highest BCUT2D eigenvalue weighted by Crippen LogP contribution is 2.54. The standard InChI is InChI=1S/C9H7F9O2.C3H3N/c1-3-20-5(19)4(2)6(10,11)7(12,13)8(14,15)9(16,17)18;1-2-3-4/h2-3H2,1H3;2H,1H2. The number of nitrogens with zero attached hydrogens (tertiary/aromatic N) is 1. The van der Waals surface area contributed by atoms with Gasteiger partial charge in [0.2, 0.25) is 0 Å². The molecular weight excluding hydrogens is 361 g/mol. The van der Waals surface area contributed by atoms with Gasteiger partial charge in [0.1, 0.15) is 5.57 Å². The van der Waals surface area contributed by atoms with Gasteiger partial charge in [-0.25, -0.2) is 4.79 Å². The highest BCUT2D eigenvalue weighted by Gasteiger charge is 2.82. The maximum absolute atomic E-state index is 13.1. The van der Waals surface area contributed by atoms with Gasteiger partial charge in [-0.15, -0.1) is 0 Å². The number of carbonyl (C=O) groups excluding carboxylic acids is 1. The molecule has 0 saturated carbocycles. The quantitative estimate of drug-likeness (QED) is 0.314. The van der Waals surface area contributed by atoms with Crippen molar-refractivity contribution < 1.29 is 49.0 Å². The topological polar surface area (TPSA) is 50.1 Å². The van der Waals surface area contributed by atoms with E-state index in [1.165, 1.54) is 6.08 Å². The fourth-order valence-corrected chi connectivity index (χ4v) is 0.911. The van der Waals surface area contributed by atoms with Crippen LogP contribution in [0.4, 0.5) is 39.5 Å². The Bertz CT molecular complexity index is 518. The molecule has 0 aliphatic carbocycles. The Morgan fingerprint density at radius 1 is 1.08 bits per heavy atom. The fourth-order valence-electron chi connectivity index (χ4n) is 0.911. The average Bonchev–Trinajstić information content (AvgIpc) is 2.45. The fraction of sp³-hybridized carbons (Fsp3) is 0.500. The summed E-state index contributed by atoms with van der Waals surface area (Å²) in [5.74, 6) is -22.4. The Hall–Kier alpha value is -2.19. The van der Waals surface area contributed by atoms with Gasteiger partial charge in [0.15, 0.2) is 0 Å². The van der Waals surface area contributed by atoms with E-state index in [1.807, 2.05) is 0 Å². The summed E-state index contributed by atoms with van der Waals surface area (Å²) in [6.45, 7) is 5.68. The molecule has 0 amide bonds. The van der Waals surface area contributed by atoms with Crippen LogP contribution in [0.1, 0.15) is 6.92 Å². The van der Waals surface area contributed by atoms with Crippen LogP contribution in [0.15, 0.2) is 24.8 Å². The second-order valence-corrected chi connectivity index (χ2v) is 3.75. The van der Waals surface area contributed by atoms with E-state index in [0.29, 0.717) is 0 Å². The average molecular weight is 371 g/mol. The van der Waals surface area contributed by atoms with Gasteiger partial charge in [0.05, 0.1) is 12.7 Å². The number of alkyl halides is 9.